The average Bonchev–Trinajstić information content (AvgIpc) is 3.21. The smallest absolute Gasteiger partial charge is 0.319 e. The van der Waals surface area contributed by atoms with Crippen molar-refractivity contribution < 1.29 is 23.1 Å². The first-order chi connectivity index (χ1) is 13.0. The van der Waals surface area contributed by atoms with Gasteiger partial charge in [-0.25, -0.2) is 13.6 Å². The van der Waals surface area contributed by atoms with Crippen LogP contribution in [-0.2, 0) is 16.1 Å². The second-order valence-corrected chi connectivity index (χ2v) is 5.98. The van der Waals surface area contributed by atoms with Crippen molar-refractivity contribution in [3.8, 4) is 0 Å². The van der Waals surface area contributed by atoms with Gasteiger partial charge in [-0.1, -0.05) is 6.07 Å². The average molecular weight is 379 g/mol. The molecule has 0 aliphatic carbocycles. The van der Waals surface area contributed by atoms with Crippen LogP contribution in [0.2, 0.25) is 0 Å². The minimum absolute atomic E-state index is 0.108. The molecular formula is C17H19F2N5O3. The van der Waals surface area contributed by atoms with Crippen LogP contribution in [0, 0.1) is 11.6 Å². The van der Waals surface area contributed by atoms with Gasteiger partial charge in [0.25, 0.3) is 0 Å². The first kappa shape index (κ1) is 18.8. The predicted molar refractivity (Wildman–Crippen MR) is 93.4 cm³/mol. The summed E-state index contributed by atoms with van der Waals surface area (Å²) in [5, 5.41) is 9.15. The molecule has 1 aliphatic heterocycles. The zero-order chi connectivity index (χ0) is 19.4. The van der Waals surface area contributed by atoms with E-state index in [0.717, 1.165) is 17.0 Å². The molecule has 2 aromatic rings. The van der Waals surface area contributed by atoms with Crippen molar-refractivity contribution in [3.05, 3.63) is 42.2 Å². The first-order valence-corrected chi connectivity index (χ1v) is 8.34. The third kappa shape index (κ3) is 4.22. The number of hydrogen-bond donors (Lipinski definition) is 2. The van der Waals surface area contributed by atoms with Crippen LogP contribution >= 0.6 is 0 Å². The van der Waals surface area contributed by atoms with E-state index >= 15 is 0 Å². The molecule has 0 bridgehead atoms. The van der Waals surface area contributed by atoms with Gasteiger partial charge >= 0.3 is 6.03 Å². The number of para-hydroxylation sites is 1. The first-order valence-electron chi connectivity index (χ1n) is 8.34. The van der Waals surface area contributed by atoms with E-state index in [0.29, 0.717) is 18.8 Å². The highest BCUT2D eigenvalue weighted by Crippen LogP contribution is 2.27. The number of carbonyl (C=O) groups is 2. The minimum atomic E-state index is -0.868. The van der Waals surface area contributed by atoms with E-state index in [1.165, 1.54) is 12.3 Å². The van der Waals surface area contributed by atoms with E-state index in [4.69, 9.17) is 4.74 Å². The van der Waals surface area contributed by atoms with Crippen LogP contribution in [0.3, 0.4) is 0 Å². The van der Waals surface area contributed by atoms with Gasteiger partial charge in [0.05, 0.1) is 25.0 Å². The van der Waals surface area contributed by atoms with Crippen LogP contribution < -0.4 is 15.5 Å². The standard InChI is InChI=1S/C17H19F2N5O3/c1-27-8-7-23-10-11(9-20-23)21-17(26)22-14-5-6-24(16(14)25)15-12(18)3-2-4-13(15)19/h2-4,9-10,14H,5-8H2,1H3,(H2,21,22,26). The maximum absolute atomic E-state index is 13.9. The Morgan fingerprint density at radius 3 is 2.81 bits per heavy atom. The van der Waals surface area contributed by atoms with Crippen LogP contribution in [0.1, 0.15) is 6.42 Å². The summed E-state index contributed by atoms with van der Waals surface area (Å²) in [7, 11) is 1.57. The van der Waals surface area contributed by atoms with Gasteiger partial charge < -0.3 is 20.3 Å². The zero-order valence-corrected chi connectivity index (χ0v) is 14.6. The van der Waals surface area contributed by atoms with Gasteiger partial charge in [-0.15, -0.1) is 0 Å². The summed E-state index contributed by atoms with van der Waals surface area (Å²) in [4.78, 5) is 25.6. The normalized spacial score (nSPS) is 16.6. The summed E-state index contributed by atoms with van der Waals surface area (Å²) >= 11 is 0. The number of nitrogens with zero attached hydrogens (tertiary/aromatic N) is 3. The number of ether oxygens (including phenoxy) is 1. The summed E-state index contributed by atoms with van der Waals surface area (Å²) in [6.45, 7) is 1.12. The van der Waals surface area contributed by atoms with E-state index in [2.05, 4.69) is 15.7 Å². The Morgan fingerprint density at radius 1 is 1.37 bits per heavy atom. The number of benzene rings is 1. The monoisotopic (exact) mass is 379 g/mol. The molecule has 0 radical (unpaired) electrons. The van der Waals surface area contributed by atoms with Crippen molar-refractivity contribution in [3.63, 3.8) is 0 Å². The molecule has 1 atom stereocenters. The maximum Gasteiger partial charge on any atom is 0.319 e. The van der Waals surface area contributed by atoms with Crippen LogP contribution in [-0.4, -0.2) is 48.0 Å². The van der Waals surface area contributed by atoms with E-state index in [1.807, 2.05) is 0 Å². The number of nitrogens with one attached hydrogen (secondary N) is 2. The molecule has 0 spiro atoms. The number of halogens is 2. The van der Waals surface area contributed by atoms with Gasteiger partial charge in [0.15, 0.2) is 0 Å². The second-order valence-electron chi connectivity index (χ2n) is 5.98. The summed E-state index contributed by atoms with van der Waals surface area (Å²) in [5.74, 6) is -2.21. The van der Waals surface area contributed by atoms with Crippen LogP contribution in [0.15, 0.2) is 30.6 Å². The Morgan fingerprint density at radius 2 is 2.11 bits per heavy atom. The highest BCUT2D eigenvalue weighted by atomic mass is 19.1. The molecule has 1 aliphatic rings. The van der Waals surface area contributed by atoms with Gasteiger partial charge in [-0.3, -0.25) is 9.48 Å². The number of hydrogen-bond acceptors (Lipinski definition) is 4. The number of anilines is 2. The van der Waals surface area contributed by atoms with Gasteiger partial charge in [0.2, 0.25) is 5.91 Å². The highest BCUT2D eigenvalue weighted by molar-refractivity contribution is 6.02. The molecule has 1 fully saturated rings. The fraction of sp³-hybridized carbons (Fsp3) is 0.353. The predicted octanol–water partition coefficient (Wildman–Crippen LogP) is 1.73. The lowest BCUT2D eigenvalue weighted by Gasteiger charge is -2.18. The number of aromatic nitrogens is 2. The third-order valence-electron chi connectivity index (χ3n) is 4.13. The number of methoxy groups -OCH3 is 1. The molecule has 0 saturated carbocycles. The number of rotatable bonds is 6. The van der Waals surface area contributed by atoms with Gasteiger partial charge in [-0.2, -0.15) is 5.10 Å². The second kappa shape index (κ2) is 8.12. The minimum Gasteiger partial charge on any atom is -0.383 e. The molecule has 3 rings (SSSR count). The molecule has 1 aromatic heterocycles. The largest absolute Gasteiger partial charge is 0.383 e. The van der Waals surface area contributed by atoms with Crippen molar-refractivity contribution in [2.24, 2.45) is 0 Å². The topological polar surface area (TPSA) is 88.5 Å². The SMILES string of the molecule is COCCn1cc(NC(=O)NC2CCN(c3c(F)cccc3F)C2=O)cn1. The molecule has 10 heteroatoms. The highest BCUT2D eigenvalue weighted by Gasteiger charge is 2.36. The van der Waals surface area contributed by atoms with Gasteiger partial charge in [0, 0.05) is 19.9 Å². The molecule has 1 saturated heterocycles. The Hall–Kier alpha value is -3.01. The Balaban J connectivity index is 1.59. The lowest BCUT2D eigenvalue weighted by molar-refractivity contribution is -0.118. The lowest BCUT2D eigenvalue weighted by atomic mass is 10.2. The molecule has 27 heavy (non-hydrogen) atoms. The van der Waals surface area contributed by atoms with Crippen molar-refractivity contribution in [1.29, 1.82) is 0 Å². The quantitative estimate of drug-likeness (QED) is 0.800. The molecule has 2 N–H and O–H groups in total. The van der Waals surface area contributed by atoms with Crippen LogP contribution in [0.5, 0.6) is 0 Å². The van der Waals surface area contributed by atoms with E-state index in [1.54, 1.807) is 18.0 Å². The van der Waals surface area contributed by atoms with Gasteiger partial charge in [0.1, 0.15) is 23.4 Å². The van der Waals surface area contributed by atoms with Crippen LogP contribution in [0.4, 0.5) is 25.0 Å². The van der Waals surface area contributed by atoms with Gasteiger partial charge in [-0.05, 0) is 18.6 Å². The van der Waals surface area contributed by atoms with Crippen molar-refractivity contribution in [2.45, 2.75) is 19.0 Å². The maximum atomic E-state index is 13.9. The molecule has 3 amide bonds. The van der Waals surface area contributed by atoms with Crippen molar-refractivity contribution in [1.82, 2.24) is 15.1 Å². The molecular weight excluding hydrogens is 360 g/mol. The number of urea groups is 1. The number of amides is 3. The summed E-state index contributed by atoms with van der Waals surface area (Å²) in [5.41, 5.74) is 0.0534. The molecule has 1 unspecified atom stereocenters. The van der Waals surface area contributed by atoms with E-state index in [-0.39, 0.29) is 13.0 Å². The number of carbonyl (C=O) groups excluding carboxylic acids is 2. The lowest BCUT2D eigenvalue weighted by Crippen LogP contribution is -2.43. The fourth-order valence-electron chi connectivity index (χ4n) is 2.84. The molecule has 1 aromatic carbocycles. The Labute approximate surface area is 154 Å². The van der Waals surface area contributed by atoms with E-state index < -0.39 is 35.3 Å². The third-order valence-corrected chi connectivity index (χ3v) is 4.13. The molecule has 144 valence electrons. The Bertz CT molecular complexity index is 821. The molecule has 2 heterocycles. The summed E-state index contributed by atoms with van der Waals surface area (Å²) in [6, 6.07) is 1.92. The van der Waals surface area contributed by atoms with E-state index in [9.17, 15) is 18.4 Å². The van der Waals surface area contributed by atoms with Crippen molar-refractivity contribution >= 4 is 23.3 Å². The zero-order valence-electron chi connectivity index (χ0n) is 14.6. The summed E-state index contributed by atoms with van der Waals surface area (Å²) < 4.78 is 34.3. The molecule has 8 nitrogen and oxygen atoms in total. The van der Waals surface area contributed by atoms with Crippen LogP contribution in [0.25, 0.3) is 0 Å². The summed E-state index contributed by atoms with van der Waals surface area (Å²) in [6.07, 6.45) is 3.33. The Kier molecular flexibility index (Phi) is 5.65. The van der Waals surface area contributed by atoms with Crippen molar-refractivity contribution in [2.75, 3.05) is 30.5 Å². The fourth-order valence-corrected chi connectivity index (χ4v) is 2.84.